The van der Waals surface area contributed by atoms with Gasteiger partial charge in [0, 0.05) is 24.8 Å². The van der Waals surface area contributed by atoms with Crippen molar-refractivity contribution < 1.29 is 22.5 Å². The van der Waals surface area contributed by atoms with Crippen LogP contribution in [-0.4, -0.2) is 38.7 Å². The van der Waals surface area contributed by atoms with Crippen molar-refractivity contribution in [1.29, 1.82) is 0 Å². The molecule has 9 heteroatoms. The summed E-state index contributed by atoms with van der Waals surface area (Å²) in [5, 5.41) is 6.48. The van der Waals surface area contributed by atoms with Crippen LogP contribution in [0.5, 0.6) is 0 Å². The van der Waals surface area contributed by atoms with Gasteiger partial charge in [-0.3, -0.25) is 4.79 Å². The second-order valence-electron chi connectivity index (χ2n) is 6.13. The number of ether oxygens (including phenoxy) is 1. The van der Waals surface area contributed by atoms with Gasteiger partial charge in [-0.2, -0.15) is 0 Å². The van der Waals surface area contributed by atoms with E-state index >= 15 is 0 Å². The topological polar surface area (TPSA) is 111 Å². The second-order valence-corrected chi connectivity index (χ2v) is 7.89. The van der Waals surface area contributed by atoms with Crippen LogP contribution in [0.15, 0.2) is 39.8 Å². The maximum atomic E-state index is 12.4. The molecule has 1 aliphatic rings. The third kappa shape index (κ3) is 4.69. The largest absolute Gasteiger partial charge is 0.377 e. The summed E-state index contributed by atoms with van der Waals surface area (Å²) in [6.45, 7) is 2.85. The predicted molar refractivity (Wildman–Crippen MR) is 93.0 cm³/mol. The van der Waals surface area contributed by atoms with Crippen molar-refractivity contribution in [3.8, 4) is 0 Å². The average molecular weight is 379 g/mol. The zero-order chi connectivity index (χ0) is 18.6. The zero-order valence-electron chi connectivity index (χ0n) is 14.4. The fraction of sp³-hybridized carbons (Fsp3) is 0.412. The molecule has 1 saturated heterocycles. The van der Waals surface area contributed by atoms with Crippen molar-refractivity contribution in [2.45, 2.75) is 37.3 Å². The highest BCUT2D eigenvalue weighted by atomic mass is 32.2. The Labute approximate surface area is 152 Å². The van der Waals surface area contributed by atoms with Crippen LogP contribution in [0.25, 0.3) is 0 Å². The number of nitrogens with zero attached hydrogens (tertiary/aromatic N) is 1. The molecule has 0 bridgehead atoms. The summed E-state index contributed by atoms with van der Waals surface area (Å²) in [6.07, 6.45) is 1.68. The van der Waals surface area contributed by atoms with Gasteiger partial charge in [0.25, 0.3) is 5.91 Å². The van der Waals surface area contributed by atoms with E-state index in [0.717, 1.165) is 12.8 Å². The highest BCUT2D eigenvalue weighted by Crippen LogP contribution is 2.14. The van der Waals surface area contributed by atoms with Crippen molar-refractivity contribution in [2.75, 3.05) is 13.2 Å². The molecular weight excluding hydrogens is 358 g/mol. The van der Waals surface area contributed by atoms with Crippen LogP contribution < -0.4 is 10.0 Å². The second kappa shape index (κ2) is 7.98. The van der Waals surface area contributed by atoms with E-state index < -0.39 is 10.0 Å². The molecular formula is C17H21N3O5S. The summed E-state index contributed by atoms with van der Waals surface area (Å²) < 4.78 is 37.7. The van der Waals surface area contributed by atoms with Gasteiger partial charge in [-0.15, -0.1) is 0 Å². The van der Waals surface area contributed by atoms with Crippen LogP contribution in [0.2, 0.25) is 0 Å². The number of amides is 1. The standard InChI is InChI=1S/C17H21N3O5S/c1-12-8-14(20-25-12)10-18-17(21)13-4-2-6-16(9-13)26(22,23)19-11-15-5-3-7-24-15/h2,4,6,8-9,15,19H,3,5,7,10-11H2,1H3,(H,18,21)/t15-/m1/s1. The molecule has 2 heterocycles. The molecule has 1 aliphatic heterocycles. The molecule has 2 aromatic rings. The summed E-state index contributed by atoms with van der Waals surface area (Å²) in [7, 11) is -3.70. The van der Waals surface area contributed by atoms with E-state index in [1.54, 1.807) is 19.1 Å². The van der Waals surface area contributed by atoms with E-state index in [-0.39, 0.29) is 35.6 Å². The summed E-state index contributed by atoms with van der Waals surface area (Å²) in [5.41, 5.74) is 0.850. The Balaban J connectivity index is 1.63. The Kier molecular flexibility index (Phi) is 5.70. The average Bonchev–Trinajstić information content (AvgIpc) is 3.29. The van der Waals surface area contributed by atoms with Crippen LogP contribution in [0.3, 0.4) is 0 Å². The number of hydrogen-bond acceptors (Lipinski definition) is 6. The lowest BCUT2D eigenvalue weighted by atomic mass is 10.2. The number of carbonyl (C=O) groups is 1. The number of benzene rings is 1. The first-order valence-electron chi connectivity index (χ1n) is 8.36. The Bertz CT molecular complexity index is 872. The van der Waals surface area contributed by atoms with Gasteiger partial charge in [-0.25, -0.2) is 13.1 Å². The number of rotatable bonds is 7. The van der Waals surface area contributed by atoms with Gasteiger partial charge in [0.2, 0.25) is 10.0 Å². The SMILES string of the molecule is Cc1cc(CNC(=O)c2cccc(S(=O)(=O)NC[C@H]3CCCO3)c2)no1. The van der Waals surface area contributed by atoms with E-state index in [1.165, 1.54) is 18.2 Å². The van der Waals surface area contributed by atoms with Crippen molar-refractivity contribution in [3.05, 3.63) is 47.3 Å². The highest BCUT2D eigenvalue weighted by Gasteiger charge is 2.21. The zero-order valence-corrected chi connectivity index (χ0v) is 15.2. The molecule has 1 fully saturated rings. The Morgan fingerprint density at radius 3 is 2.88 bits per heavy atom. The minimum atomic E-state index is -3.70. The van der Waals surface area contributed by atoms with E-state index in [0.29, 0.717) is 18.1 Å². The summed E-state index contributed by atoms with van der Waals surface area (Å²) >= 11 is 0. The first-order valence-corrected chi connectivity index (χ1v) is 9.84. The fourth-order valence-corrected chi connectivity index (χ4v) is 3.78. The van der Waals surface area contributed by atoms with Crippen LogP contribution in [0.4, 0.5) is 0 Å². The van der Waals surface area contributed by atoms with Gasteiger partial charge < -0.3 is 14.6 Å². The molecule has 1 atom stereocenters. The van der Waals surface area contributed by atoms with Crippen molar-refractivity contribution in [1.82, 2.24) is 15.2 Å². The van der Waals surface area contributed by atoms with Crippen LogP contribution in [0, 0.1) is 6.92 Å². The molecule has 0 aliphatic carbocycles. The minimum absolute atomic E-state index is 0.0421. The lowest BCUT2D eigenvalue weighted by molar-refractivity contribution is 0.0950. The first kappa shape index (κ1) is 18.6. The molecule has 1 aromatic carbocycles. The molecule has 0 saturated carbocycles. The van der Waals surface area contributed by atoms with E-state index in [1.807, 2.05) is 0 Å². The highest BCUT2D eigenvalue weighted by molar-refractivity contribution is 7.89. The van der Waals surface area contributed by atoms with E-state index in [2.05, 4.69) is 15.2 Å². The molecule has 1 aromatic heterocycles. The third-order valence-corrected chi connectivity index (χ3v) is 5.46. The van der Waals surface area contributed by atoms with Crippen LogP contribution in [0.1, 0.15) is 34.7 Å². The monoisotopic (exact) mass is 379 g/mol. The number of nitrogens with one attached hydrogen (secondary N) is 2. The normalized spacial score (nSPS) is 17.3. The van der Waals surface area contributed by atoms with Crippen LogP contribution in [-0.2, 0) is 21.3 Å². The molecule has 1 amide bonds. The smallest absolute Gasteiger partial charge is 0.251 e. The summed E-state index contributed by atoms with van der Waals surface area (Å²) in [6, 6.07) is 7.62. The third-order valence-electron chi connectivity index (χ3n) is 4.04. The molecule has 3 rings (SSSR count). The maximum Gasteiger partial charge on any atom is 0.251 e. The Morgan fingerprint density at radius 2 is 2.19 bits per heavy atom. The maximum absolute atomic E-state index is 12.4. The van der Waals surface area contributed by atoms with Gasteiger partial charge in [0.15, 0.2) is 0 Å². The molecule has 26 heavy (non-hydrogen) atoms. The molecule has 0 radical (unpaired) electrons. The lowest BCUT2D eigenvalue weighted by Crippen LogP contribution is -2.32. The first-order chi connectivity index (χ1) is 12.4. The van der Waals surface area contributed by atoms with Gasteiger partial charge in [0.05, 0.1) is 17.5 Å². The number of aromatic nitrogens is 1. The van der Waals surface area contributed by atoms with Gasteiger partial charge in [-0.05, 0) is 38.0 Å². The quantitative estimate of drug-likeness (QED) is 0.752. The molecule has 140 valence electrons. The minimum Gasteiger partial charge on any atom is -0.377 e. The Hall–Kier alpha value is -2.23. The number of aryl methyl sites for hydroxylation is 1. The number of carbonyl (C=O) groups excluding carboxylic acids is 1. The van der Waals surface area contributed by atoms with E-state index in [4.69, 9.17) is 9.26 Å². The Morgan fingerprint density at radius 1 is 1.35 bits per heavy atom. The van der Waals surface area contributed by atoms with Gasteiger partial charge in [-0.1, -0.05) is 11.2 Å². The molecule has 0 spiro atoms. The number of hydrogen-bond donors (Lipinski definition) is 2. The molecule has 2 N–H and O–H groups in total. The van der Waals surface area contributed by atoms with Crippen LogP contribution >= 0.6 is 0 Å². The van der Waals surface area contributed by atoms with Crippen molar-refractivity contribution in [2.24, 2.45) is 0 Å². The molecule has 8 nitrogen and oxygen atoms in total. The van der Waals surface area contributed by atoms with Gasteiger partial charge in [0.1, 0.15) is 11.5 Å². The predicted octanol–water partition coefficient (Wildman–Crippen LogP) is 1.37. The van der Waals surface area contributed by atoms with Crippen molar-refractivity contribution in [3.63, 3.8) is 0 Å². The van der Waals surface area contributed by atoms with Gasteiger partial charge >= 0.3 is 0 Å². The van der Waals surface area contributed by atoms with Crippen molar-refractivity contribution >= 4 is 15.9 Å². The lowest BCUT2D eigenvalue weighted by Gasteiger charge is -2.12. The summed E-state index contributed by atoms with van der Waals surface area (Å²) in [5.74, 6) is 0.265. The summed E-state index contributed by atoms with van der Waals surface area (Å²) in [4.78, 5) is 12.3. The number of sulfonamides is 1. The fourth-order valence-electron chi connectivity index (χ4n) is 2.67. The van der Waals surface area contributed by atoms with E-state index in [9.17, 15) is 13.2 Å². The molecule has 0 unspecified atom stereocenters.